The van der Waals surface area contributed by atoms with Gasteiger partial charge in [0.15, 0.2) is 0 Å². The fourth-order valence-electron chi connectivity index (χ4n) is 5.81. The van der Waals surface area contributed by atoms with E-state index in [0.29, 0.717) is 24.4 Å². The zero-order valence-corrected chi connectivity index (χ0v) is 19.6. The van der Waals surface area contributed by atoms with Crippen LogP contribution in [0.15, 0.2) is 54.7 Å². The number of imide groups is 1. The number of aromatic nitrogens is 1. The molecule has 7 nitrogen and oxygen atoms in total. The van der Waals surface area contributed by atoms with Crippen LogP contribution in [0.5, 0.6) is 0 Å². The Labute approximate surface area is 204 Å². The fraction of sp³-hybridized carbons (Fsp3) is 0.357. The fourth-order valence-corrected chi connectivity index (χ4v) is 5.81. The zero-order valence-electron chi connectivity index (χ0n) is 19.6. The standard InChI is InChI=1S/C28H28N4O3/c33-25-9-8-24(27(34)30-25)32-17-22-15-20(6-7-23(22)28(32)35)18-10-13-31(14-11-18)16-21-4-1-3-19-5-2-12-29-26(19)21/h1-7,12,15,18,24H,8-11,13-14,16-17H2,(H,30,33,34). The summed E-state index contributed by atoms with van der Waals surface area (Å²) in [5.74, 6) is -0.279. The van der Waals surface area contributed by atoms with Gasteiger partial charge in [-0.1, -0.05) is 36.4 Å². The summed E-state index contributed by atoms with van der Waals surface area (Å²) < 4.78 is 0. The summed E-state index contributed by atoms with van der Waals surface area (Å²) in [6.07, 6.45) is 4.67. The summed E-state index contributed by atoms with van der Waals surface area (Å²) in [6, 6.07) is 16.1. The molecule has 3 aliphatic heterocycles. The largest absolute Gasteiger partial charge is 0.322 e. The van der Waals surface area contributed by atoms with E-state index in [9.17, 15) is 14.4 Å². The molecule has 0 saturated carbocycles. The topological polar surface area (TPSA) is 82.6 Å². The number of hydrogen-bond acceptors (Lipinski definition) is 5. The van der Waals surface area contributed by atoms with Crippen LogP contribution in [0, 0.1) is 0 Å². The van der Waals surface area contributed by atoms with Crippen LogP contribution in [0.1, 0.15) is 58.6 Å². The zero-order chi connectivity index (χ0) is 23.9. The van der Waals surface area contributed by atoms with Crippen LogP contribution in [0.2, 0.25) is 0 Å². The van der Waals surface area contributed by atoms with E-state index in [1.807, 2.05) is 18.3 Å². The summed E-state index contributed by atoms with van der Waals surface area (Å²) in [5, 5.41) is 3.55. The van der Waals surface area contributed by atoms with Crippen molar-refractivity contribution >= 4 is 28.6 Å². The van der Waals surface area contributed by atoms with E-state index in [1.165, 1.54) is 16.5 Å². The molecule has 0 aliphatic carbocycles. The molecule has 1 aromatic heterocycles. The molecule has 1 atom stereocenters. The maximum Gasteiger partial charge on any atom is 0.255 e. The Hall–Kier alpha value is -3.58. The molecule has 35 heavy (non-hydrogen) atoms. The number of para-hydroxylation sites is 1. The molecule has 0 spiro atoms. The first-order valence-electron chi connectivity index (χ1n) is 12.4. The second-order valence-corrected chi connectivity index (χ2v) is 9.86. The Morgan fingerprint density at radius 3 is 2.63 bits per heavy atom. The molecule has 2 fully saturated rings. The minimum absolute atomic E-state index is 0.112. The van der Waals surface area contributed by atoms with Crippen molar-refractivity contribution in [3.63, 3.8) is 0 Å². The molecule has 2 saturated heterocycles. The molecule has 7 heteroatoms. The van der Waals surface area contributed by atoms with Gasteiger partial charge in [0.25, 0.3) is 5.91 Å². The highest BCUT2D eigenvalue weighted by Gasteiger charge is 2.39. The van der Waals surface area contributed by atoms with Crippen LogP contribution >= 0.6 is 0 Å². The third-order valence-corrected chi connectivity index (χ3v) is 7.72. The number of pyridine rings is 1. The van der Waals surface area contributed by atoms with E-state index < -0.39 is 6.04 Å². The van der Waals surface area contributed by atoms with E-state index in [4.69, 9.17) is 0 Å². The first-order chi connectivity index (χ1) is 17.1. The maximum absolute atomic E-state index is 13.0. The van der Waals surface area contributed by atoms with Crippen molar-refractivity contribution in [3.8, 4) is 0 Å². The Kier molecular flexibility index (Phi) is 5.57. The van der Waals surface area contributed by atoms with Crippen molar-refractivity contribution < 1.29 is 14.4 Å². The van der Waals surface area contributed by atoms with Crippen molar-refractivity contribution in [1.82, 2.24) is 20.1 Å². The molecule has 178 valence electrons. The number of hydrogen-bond donors (Lipinski definition) is 1. The Balaban J connectivity index is 1.12. The molecule has 3 aliphatic rings. The molecule has 4 heterocycles. The highest BCUT2D eigenvalue weighted by atomic mass is 16.2. The predicted molar refractivity (Wildman–Crippen MR) is 131 cm³/mol. The van der Waals surface area contributed by atoms with Gasteiger partial charge in [0.05, 0.1) is 5.52 Å². The molecule has 6 rings (SSSR count). The molecule has 1 unspecified atom stereocenters. The molecule has 1 N–H and O–H groups in total. The normalized spacial score (nSPS) is 21.4. The highest BCUT2D eigenvalue weighted by molar-refractivity contribution is 6.05. The molecule has 0 radical (unpaired) electrons. The molecular formula is C28H28N4O3. The lowest BCUT2D eigenvalue weighted by atomic mass is 9.87. The highest BCUT2D eigenvalue weighted by Crippen LogP contribution is 2.34. The second kappa shape index (κ2) is 8.89. The van der Waals surface area contributed by atoms with Crippen molar-refractivity contribution in [2.24, 2.45) is 0 Å². The number of benzene rings is 2. The number of likely N-dealkylation sites (tertiary alicyclic amines) is 1. The number of carbonyl (C=O) groups excluding carboxylic acids is 3. The van der Waals surface area contributed by atoms with Gasteiger partial charge in [0.1, 0.15) is 6.04 Å². The van der Waals surface area contributed by atoms with E-state index in [2.05, 4.69) is 51.6 Å². The first-order valence-corrected chi connectivity index (χ1v) is 12.4. The van der Waals surface area contributed by atoms with Gasteiger partial charge in [0.2, 0.25) is 11.8 Å². The van der Waals surface area contributed by atoms with Gasteiger partial charge in [-0.05, 0) is 67.1 Å². The smallest absolute Gasteiger partial charge is 0.255 e. The van der Waals surface area contributed by atoms with Gasteiger partial charge in [-0.15, -0.1) is 0 Å². The van der Waals surface area contributed by atoms with Crippen molar-refractivity contribution in [3.05, 3.63) is 77.0 Å². The van der Waals surface area contributed by atoms with Gasteiger partial charge in [-0.2, -0.15) is 0 Å². The van der Waals surface area contributed by atoms with Gasteiger partial charge < -0.3 is 4.90 Å². The van der Waals surface area contributed by atoms with E-state index >= 15 is 0 Å². The third-order valence-electron chi connectivity index (χ3n) is 7.72. The SMILES string of the molecule is O=C1CCC(N2Cc3cc(C4CCN(Cc5cccc6cccnc56)CC4)ccc3C2=O)C(=O)N1. The monoisotopic (exact) mass is 468 g/mol. The van der Waals surface area contributed by atoms with Crippen LogP contribution in [0.25, 0.3) is 10.9 Å². The van der Waals surface area contributed by atoms with Crippen LogP contribution < -0.4 is 5.32 Å². The maximum atomic E-state index is 13.0. The van der Waals surface area contributed by atoms with Gasteiger partial charge in [0, 0.05) is 36.7 Å². The van der Waals surface area contributed by atoms with Gasteiger partial charge >= 0.3 is 0 Å². The lowest BCUT2D eigenvalue weighted by Crippen LogP contribution is -2.52. The minimum Gasteiger partial charge on any atom is -0.322 e. The van der Waals surface area contributed by atoms with Crippen LogP contribution in [-0.4, -0.2) is 51.6 Å². The van der Waals surface area contributed by atoms with Crippen LogP contribution in [0.3, 0.4) is 0 Å². The average molecular weight is 469 g/mol. The van der Waals surface area contributed by atoms with Crippen LogP contribution in [-0.2, 0) is 22.7 Å². The first kappa shape index (κ1) is 21.9. The molecule has 3 amide bonds. The number of amides is 3. The second-order valence-electron chi connectivity index (χ2n) is 9.86. The number of nitrogens with zero attached hydrogens (tertiary/aromatic N) is 3. The summed E-state index contributed by atoms with van der Waals surface area (Å²) >= 11 is 0. The Bertz CT molecular complexity index is 1320. The number of rotatable bonds is 4. The number of carbonyl (C=O) groups is 3. The quantitative estimate of drug-likeness (QED) is 0.594. The molecule has 0 bridgehead atoms. The Morgan fingerprint density at radius 1 is 0.971 bits per heavy atom. The van der Waals surface area contributed by atoms with Gasteiger partial charge in [-0.3, -0.25) is 29.6 Å². The predicted octanol–water partition coefficient (Wildman–Crippen LogP) is 3.38. The lowest BCUT2D eigenvalue weighted by molar-refractivity contribution is -0.136. The van der Waals surface area contributed by atoms with Crippen molar-refractivity contribution in [2.75, 3.05) is 13.1 Å². The van der Waals surface area contributed by atoms with Crippen molar-refractivity contribution in [2.45, 2.75) is 50.7 Å². The molecule has 2 aromatic carbocycles. The van der Waals surface area contributed by atoms with Gasteiger partial charge in [-0.25, -0.2) is 0 Å². The lowest BCUT2D eigenvalue weighted by Gasteiger charge is -2.32. The van der Waals surface area contributed by atoms with E-state index in [0.717, 1.165) is 43.6 Å². The number of piperidine rings is 2. The summed E-state index contributed by atoms with van der Waals surface area (Å²) in [4.78, 5) is 45.5. The van der Waals surface area contributed by atoms with E-state index in [1.54, 1.807) is 4.90 Å². The number of fused-ring (bicyclic) bond motifs is 2. The summed E-state index contributed by atoms with van der Waals surface area (Å²) in [7, 11) is 0. The van der Waals surface area contributed by atoms with E-state index in [-0.39, 0.29) is 24.1 Å². The summed E-state index contributed by atoms with van der Waals surface area (Å²) in [6.45, 7) is 3.38. The molecule has 3 aromatic rings. The Morgan fingerprint density at radius 2 is 1.80 bits per heavy atom. The van der Waals surface area contributed by atoms with Crippen molar-refractivity contribution in [1.29, 1.82) is 0 Å². The minimum atomic E-state index is -0.567. The summed E-state index contributed by atoms with van der Waals surface area (Å²) in [5.41, 5.74) is 5.29. The third kappa shape index (κ3) is 4.10. The molecular weight excluding hydrogens is 440 g/mol. The average Bonchev–Trinajstić information content (AvgIpc) is 3.20. The number of nitrogens with one attached hydrogen (secondary N) is 1. The van der Waals surface area contributed by atoms with Crippen LogP contribution in [0.4, 0.5) is 0 Å².